The number of rotatable bonds is 1. The number of H-pyrrole nitrogens is 1. The van der Waals surface area contributed by atoms with E-state index in [0.717, 1.165) is 10.9 Å². The van der Waals surface area contributed by atoms with Gasteiger partial charge in [0.1, 0.15) is 0 Å². The van der Waals surface area contributed by atoms with Crippen LogP contribution in [-0.4, -0.2) is 39.6 Å². The second-order valence-electron chi connectivity index (χ2n) is 5.17. The van der Waals surface area contributed by atoms with Crippen LogP contribution >= 0.6 is 0 Å². The van der Waals surface area contributed by atoms with E-state index in [1.165, 1.54) is 0 Å². The SMILES string of the molecule is CC1(O)CN(C(=O)c2c[nH]c3ccc(N)cc23)C1. The highest BCUT2D eigenvalue weighted by molar-refractivity contribution is 6.07. The maximum Gasteiger partial charge on any atom is 0.256 e. The number of hydrogen-bond donors (Lipinski definition) is 3. The smallest absolute Gasteiger partial charge is 0.256 e. The number of aromatic nitrogens is 1. The summed E-state index contributed by atoms with van der Waals surface area (Å²) < 4.78 is 0. The molecule has 0 unspecified atom stereocenters. The Morgan fingerprint density at radius 3 is 2.89 bits per heavy atom. The Labute approximate surface area is 104 Å². The summed E-state index contributed by atoms with van der Waals surface area (Å²) in [5.41, 5.74) is 7.11. The molecule has 0 atom stereocenters. The van der Waals surface area contributed by atoms with Gasteiger partial charge in [0.15, 0.2) is 0 Å². The van der Waals surface area contributed by atoms with Crippen molar-refractivity contribution >= 4 is 22.5 Å². The Morgan fingerprint density at radius 2 is 2.22 bits per heavy atom. The van der Waals surface area contributed by atoms with Gasteiger partial charge >= 0.3 is 0 Å². The molecule has 5 nitrogen and oxygen atoms in total. The van der Waals surface area contributed by atoms with Crippen molar-refractivity contribution in [2.75, 3.05) is 18.8 Å². The van der Waals surface area contributed by atoms with Crippen molar-refractivity contribution in [2.24, 2.45) is 0 Å². The van der Waals surface area contributed by atoms with Crippen LogP contribution in [0.5, 0.6) is 0 Å². The molecule has 1 aliphatic rings. The number of nitrogen functional groups attached to an aromatic ring is 1. The molecule has 4 N–H and O–H groups in total. The molecule has 18 heavy (non-hydrogen) atoms. The topological polar surface area (TPSA) is 82.3 Å². The summed E-state index contributed by atoms with van der Waals surface area (Å²) in [7, 11) is 0. The lowest BCUT2D eigenvalue weighted by Crippen LogP contribution is -2.61. The first-order chi connectivity index (χ1) is 8.46. The third-order valence-electron chi connectivity index (χ3n) is 3.29. The molecule has 1 aromatic heterocycles. The summed E-state index contributed by atoms with van der Waals surface area (Å²) in [6.07, 6.45) is 1.69. The summed E-state index contributed by atoms with van der Waals surface area (Å²) in [6, 6.07) is 5.44. The quantitative estimate of drug-likeness (QED) is 0.654. The monoisotopic (exact) mass is 245 g/mol. The Balaban J connectivity index is 1.95. The number of aromatic amines is 1. The number of amides is 1. The number of nitrogens with one attached hydrogen (secondary N) is 1. The van der Waals surface area contributed by atoms with Crippen LogP contribution in [0.1, 0.15) is 17.3 Å². The fourth-order valence-electron chi connectivity index (χ4n) is 2.41. The standard InChI is InChI=1S/C13H15N3O2/c1-13(18)6-16(7-13)12(17)10-5-15-11-3-2-8(14)4-9(10)11/h2-5,15,18H,6-7,14H2,1H3. The number of carbonyl (C=O) groups is 1. The van der Waals surface area contributed by atoms with E-state index in [1.54, 1.807) is 30.2 Å². The Bertz CT molecular complexity index is 622. The number of aliphatic hydroxyl groups is 1. The molecule has 0 spiro atoms. The number of carbonyl (C=O) groups excluding carboxylic acids is 1. The third kappa shape index (κ3) is 1.64. The van der Waals surface area contributed by atoms with Gasteiger partial charge in [-0.25, -0.2) is 0 Å². The second kappa shape index (κ2) is 3.49. The van der Waals surface area contributed by atoms with E-state index in [-0.39, 0.29) is 5.91 Å². The maximum absolute atomic E-state index is 12.3. The van der Waals surface area contributed by atoms with E-state index in [4.69, 9.17) is 5.73 Å². The van der Waals surface area contributed by atoms with Gasteiger partial charge in [-0.05, 0) is 25.1 Å². The zero-order valence-corrected chi connectivity index (χ0v) is 10.1. The number of anilines is 1. The van der Waals surface area contributed by atoms with Gasteiger partial charge in [-0.1, -0.05) is 0 Å². The van der Waals surface area contributed by atoms with Crippen LogP contribution in [0.25, 0.3) is 10.9 Å². The van der Waals surface area contributed by atoms with Crippen molar-refractivity contribution in [1.29, 1.82) is 0 Å². The molecule has 3 rings (SSSR count). The highest BCUT2D eigenvalue weighted by Crippen LogP contribution is 2.26. The first-order valence-electron chi connectivity index (χ1n) is 5.84. The Morgan fingerprint density at radius 1 is 1.50 bits per heavy atom. The fourth-order valence-corrected chi connectivity index (χ4v) is 2.41. The first kappa shape index (κ1) is 11.1. The van der Waals surface area contributed by atoms with E-state index in [0.29, 0.717) is 24.3 Å². The van der Waals surface area contributed by atoms with Crippen molar-refractivity contribution < 1.29 is 9.90 Å². The lowest BCUT2D eigenvalue weighted by molar-refractivity contribution is -0.0668. The number of likely N-dealkylation sites (tertiary alicyclic amines) is 1. The van der Waals surface area contributed by atoms with Crippen LogP contribution in [-0.2, 0) is 0 Å². The van der Waals surface area contributed by atoms with Crippen LogP contribution in [0, 0.1) is 0 Å². The molecule has 0 aliphatic carbocycles. The van der Waals surface area contributed by atoms with Crippen LogP contribution in [0.15, 0.2) is 24.4 Å². The predicted octanol–water partition coefficient (Wildman–Crippen LogP) is 0.957. The zero-order chi connectivity index (χ0) is 12.9. The van der Waals surface area contributed by atoms with Crippen molar-refractivity contribution in [2.45, 2.75) is 12.5 Å². The van der Waals surface area contributed by atoms with Gasteiger partial charge < -0.3 is 20.7 Å². The lowest BCUT2D eigenvalue weighted by atomic mass is 9.96. The number of nitrogens with zero attached hydrogens (tertiary/aromatic N) is 1. The molecule has 1 amide bonds. The Hall–Kier alpha value is -2.01. The first-order valence-corrected chi connectivity index (χ1v) is 5.84. The normalized spacial score (nSPS) is 17.8. The number of nitrogens with two attached hydrogens (primary N) is 1. The summed E-state index contributed by atoms with van der Waals surface area (Å²) >= 11 is 0. The van der Waals surface area contributed by atoms with Gasteiger partial charge in [-0.2, -0.15) is 0 Å². The minimum Gasteiger partial charge on any atom is -0.399 e. The van der Waals surface area contributed by atoms with E-state index in [1.807, 2.05) is 6.07 Å². The minimum absolute atomic E-state index is 0.0709. The fraction of sp³-hybridized carbons (Fsp3) is 0.308. The number of β-amino-alcohol motifs (C(OH)–C–C–N with tert-alkyl or cyclic N) is 1. The van der Waals surface area contributed by atoms with E-state index in [9.17, 15) is 9.90 Å². The molecule has 1 saturated heterocycles. The van der Waals surface area contributed by atoms with Crippen molar-refractivity contribution in [3.05, 3.63) is 30.0 Å². The minimum atomic E-state index is -0.749. The number of benzene rings is 1. The van der Waals surface area contributed by atoms with Gasteiger partial charge in [0, 0.05) is 22.8 Å². The van der Waals surface area contributed by atoms with Gasteiger partial charge in [0.05, 0.1) is 24.3 Å². The van der Waals surface area contributed by atoms with Crippen LogP contribution in [0.3, 0.4) is 0 Å². The van der Waals surface area contributed by atoms with E-state index < -0.39 is 5.60 Å². The zero-order valence-electron chi connectivity index (χ0n) is 10.1. The maximum atomic E-state index is 12.3. The van der Waals surface area contributed by atoms with Gasteiger partial charge in [0.2, 0.25) is 0 Å². The largest absolute Gasteiger partial charge is 0.399 e. The number of fused-ring (bicyclic) bond motifs is 1. The van der Waals surface area contributed by atoms with Gasteiger partial charge in [-0.3, -0.25) is 4.79 Å². The molecule has 94 valence electrons. The van der Waals surface area contributed by atoms with Crippen LogP contribution < -0.4 is 5.73 Å². The molecule has 2 aromatic rings. The van der Waals surface area contributed by atoms with Crippen LogP contribution in [0.2, 0.25) is 0 Å². The van der Waals surface area contributed by atoms with Gasteiger partial charge in [-0.15, -0.1) is 0 Å². The molecule has 5 heteroatoms. The number of hydrogen-bond acceptors (Lipinski definition) is 3. The van der Waals surface area contributed by atoms with E-state index >= 15 is 0 Å². The van der Waals surface area contributed by atoms with Crippen LogP contribution in [0.4, 0.5) is 5.69 Å². The van der Waals surface area contributed by atoms with Gasteiger partial charge in [0.25, 0.3) is 5.91 Å². The predicted molar refractivity (Wildman–Crippen MR) is 69.2 cm³/mol. The highest BCUT2D eigenvalue weighted by atomic mass is 16.3. The molecule has 0 bridgehead atoms. The van der Waals surface area contributed by atoms with Crippen molar-refractivity contribution in [3.63, 3.8) is 0 Å². The molecule has 1 aromatic carbocycles. The second-order valence-corrected chi connectivity index (χ2v) is 5.17. The highest BCUT2D eigenvalue weighted by Gasteiger charge is 2.40. The molecule has 2 heterocycles. The summed E-state index contributed by atoms with van der Waals surface area (Å²) in [5.74, 6) is -0.0709. The molecule has 1 fully saturated rings. The summed E-state index contributed by atoms with van der Waals surface area (Å²) in [6.45, 7) is 2.48. The molecule has 1 aliphatic heterocycles. The Kier molecular flexibility index (Phi) is 2.15. The molecular formula is C13H15N3O2. The molecule has 0 saturated carbocycles. The van der Waals surface area contributed by atoms with E-state index in [2.05, 4.69) is 4.98 Å². The summed E-state index contributed by atoms with van der Waals surface area (Å²) in [5, 5.41) is 10.5. The molecule has 0 radical (unpaired) electrons. The third-order valence-corrected chi connectivity index (χ3v) is 3.29. The average Bonchev–Trinajstić information content (AvgIpc) is 2.67. The summed E-state index contributed by atoms with van der Waals surface area (Å²) in [4.78, 5) is 16.9. The van der Waals surface area contributed by atoms with Crippen molar-refractivity contribution in [3.8, 4) is 0 Å². The average molecular weight is 245 g/mol. The lowest BCUT2D eigenvalue weighted by Gasteiger charge is -2.44. The molecular weight excluding hydrogens is 230 g/mol. The van der Waals surface area contributed by atoms with Crippen molar-refractivity contribution in [1.82, 2.24) is 9.88 Å².